The van der Waals surface area contributed by atoms with Crippen LogP contribution >= 0.6 is 19.2 Å². The van der Waals surface area contributed by atoms with E-state index >= 15 is 0 Å². The summed E-state index contributed by atoms with van der Waals surface area (Å²) >= 11 is 3.65. The third-order valence-electron chi connectivity index (χ3n) is 1.06. The van der Waals surface area contributed by atoms with Gasteiger partial charge in [0.1, 0.15) is 6.16 Å². The Morgan fingerprint density at radius 3 is 2.22 bits per heavy atom. The molecule has 0 aromatic heterocycles. The van der Waals surface area contributed by atoms with Crippen LogP contribution in [0.2, 0.25) is 0 Å². The van der Waals surface area contributed by atoms with Crippen molar-refractivity contribution in [2.45, 2.75) is 26.2 Å². The molecule has 2 N–H and O–H groups in total. The predicted octanol–water partition coefficient (Wildman–Crippen LogP) is 1.85. The van der Waals surface area contributed by atoms with Crippen molar-refractivity contribution in [2.75, 3.05) is 6.16 Å². The molecule has 0 saturated heterocycles. The van der Waals surface area contributed by atoms with Gasteiger partial charge in [0, 0.05) is 0 Å². The van der Waals surface area contributed by atoms with E-state index in [0.29, 0.717) is 6.16 Å². The lowest BCUT2D eigenvalue weighted by molar-refractivity contribution is 0.471. The van der Waals surface area contributed by atoms with E-state index < -0.39 is 6.92 Å². The van der Waals surface area contributed by atoms with E-state index in [2.05, 4.69) is 19.2 Å². The topological polar surface area (TPSA) is 40.5 Å². The van der Waals surface area contributed by atoms with E-state index in [1.165, 1.54) is 0 Å². The Morgan fingerprint density at radius 2 is 1.89 bits per heavy atom. The molecule has 2 nitrogen and oxygen atoms in total. The second kappa shape index (κ2) is 4.51. The summed E-state index contributed by atoms with van der Waals surface area (Å²) < 4.78 is 0. The largest absolute Gasteiger partial charge is 0.323 e. The zero-order chi connectivity index (χ0) is 7.33. The minimum Gasteiger partial charge on any atom is -0.208 e. The van der Waals surface area contributed by atoms with E-state index in [-0.39, 0.29) is 0 Å². The lowest BCUT2D eigenvalue weighted by Crippen LogP contribution is -1.88. The highest BCUT2D eigenvalue weighted by Crippen LogP contribution is 2.55. The molecule has 0 fully saturated rings. The summed E-state index contributed by atoms with van der Waals surface area (Å²) in [5.41, 5.74) is 0. The van der Waals surface area contributed by atoms with Crippen LogP contribution in [0.15, 0.2) is 0 Å². The average molecular weight is 169 g/mol. The molecule has 0 bridgehead atoms. The smallest absolute Gasteiger partial charge is 0.208 e. The van der Waals surface area contributed by atoms with Crippen LogP contribution in [0.5, 0.6) is 0 Å². The minimum absolute atomic E-state index is 0.462. The van der Waals surface area contributed by atoms with Gasteiger partial charge in [0.25, 0.3) is 0 Å². The van der Waals surface area contributed by atoms with E-state index in [1.807, 2.05) is 0 Å². The van der Waals surface area contributed by atoms with Crippen LogP contribution in [0.4, 0.5) is 0 Å². The van der Waals surface area contributed by atoms with Crippen molar-refractivity contribution in [1.82, 2.24) is 0 Å². The summed E-state index contributed by atoms with van der Waals surface area (Å²) in [4.78, 5) is 17.6. The van der Waals surface area contributed by atoms with Gasteiger partial charge >= 0.3 is 6.92 Å². The second-order valence-corrected chi connectivity index (χ2v) is 5.88. The highest BCUT2D eigenvalue weighted by atomic mass is 32.7. The Hall–Kier alpha value is 0.700. The highest BCUT2D eigenvalue weighted by Gasteiger charge is 2.25. The van der Waals surface area contributed by atoms with Crippen molar-refractivity contribution in [3.05, 3.63) is 0 Å². The van der Waals surface area contributed by atoms with Crippen LogP contribution in [0.3, 0.4) is 0 Å². The first kappa shape index (κ1) is 9.70. The predicted molar refractivity (Wildman–Crippen MR) is 44.7 cm³/mol. The molecule has 4 heteroatoms. The van der Waals surface area contributed by atoms with Gasteiger partial charge in [-0.2, -0.15) is 0 Å². The molecule has 0 aromatic rings. The quantitative estimate of drug-likeness (QED) is 0.341. The van der Waals surface area contributed by atoms with Crippen LogP contribution in [0.1, 0.15) is 26.2 Å². The molecule has 0 unspecified atom stereocenters. The fraction of sp³-hybridized carbons (Fsp3) is 1.00. The molecular weight excluding hydrogens is 155 g/mol. The van der Waals surface area contributed by atoms with E-state index in [0.717, 1.165) is 19.3 Å². The first-order valence-electron chi connectivity index (χ1n) is 3.12. The Balaban J connectivity index is 3.07. The molecule has 0 spiro atoms. The molecule has 0 aromatic carbocycles. The van der Waals surface area contributed by atoms with Crippen molar-refractivity contribution < 1.29 is 9.79 Å². The van der Waals surface area contributed by atoms with Crippen LogP contribution in [0, 0.1) is 0 Å². The van der Waals surface area contributed by atoms with E-state index in [9.17, 15) is 0 Å². The number of thiol groups is 1. The molecule has 0 atom stereocenters. The van der Waals surface area contributed by atoms with Crippen molar-refractivity contribution >= 4 is 19.2 Å². The Bertz CT molecular complexity index is 71.8. The average Bonchev–Trinajstić information content (AvgIpc) is 1.63. The van der Waals surface area contributed by atoms with Gasteiger partial charge in [-0.1, -0.05) is 13.3 Å². The fourth-order valence-electron chi connectivity index (χ4n) is 0.574. The zero-order valence-corrected chi connectivity index (χ0v) is 7.41. The molecule has 0 heterocycles. The van der Waals surface area contributed by atoms with Gasteiger partial charge in [0.15, 0.2) is 0 Å². The molecule has 0 rings (SSSR count). The van der Waals surface area contributed by atoms with Gasteiger partial charge in [0.05, 0.1) is 12.2 Å². The summed E-state index contributed by atoms with van der Waals surface area (Å²) in [5.74, 6) is 0. The molecule has 0 saturated carbocycles. The number of hydrogen-bond donors (Lipinski definition) is 3. The molecule has 9 heavy (non-hydrogen) atoms. The summed E-state index contributed by atoms with van der Waals surface area (Å²) in [6.45, 7) is -0.674. The number of rotatable bonds is 4. The molecule has 0 aliphatic carbocycles. The zero-order valence-electron chi connectivity index (χ0n) is 5.62. The lowest BCUT2D eigenvalue weighted by Gasteiger charge is -2.02. The Kier molecular flexibility index (Phi) is 4.86. The van der Waals surface area contributed by atoms with Gasteiger partial charge in [-0.15, -0.1) is 0 Å². The summed E-state index contributed by atoms with van der Waals surface area (Å²) in [6.07, 6.45) is 3.50. The molecule has 0 aliphatic heterocycles. The van der Waals surface area contributed by atoms with E-state index in [4.69, 9.17) is 9.79 Å². The van der Waals surface area contributed by atoms with Crippen LogP contribution in [-0.4, -0.2) is 15.9 Å². The maximum atomic E-state index is 8.78. The van der Waals surface area contributed by atoms with Crippen molar-refractivity contribution in [1.29, 1.82) is 0 Å². The van der Waals surface area contributed by atoms with Gasteiger partial charge in [-0.3, -0.25) is 0 Å². The lowest BCUT2D eigenvalue weighted by atomic mass is 10.3. The van der Waals surface area contributed by atoms with Gasteiger partial charge < -0.3 is 0 Å². The molecule has 0 amide bonds. The Morgan fingerprint density at radius 1 is 1.33 bits per heavy atom. The third kappa shape index (κ3) is 8.70. The normalized spacial score (nSPS) is 12.0. The monoisotopic (exact) mass is 169 g/mol. The molecule has 0 radical (unpaired) electrons. The van der Waals surface area contributed by atoms with E-state index in [1.54, 1.807) is 0 Å². The van der Waals surface area contributed by atoms with Crippen LogP contribution in [0.25, 0.3) is 0 Å². The summed E-state index contributed by atoms with van der Waals surface area (Å²) in [7, 11) is 0. The number of hydrogen-bond acceptors (Lipinski definition) is 3. The molecule has 56 valence electrons. The SMILES string of the molecule is CCCCC[P+](O)(O)S. The number of unbranched alkanes of at least 4 members (excludes halogenated alkanes) is 2. The molecular formula is C5H14O2PS+. The summed E-state index contributed by atoms with van der Waals surface area (Å²) in [6, 6.07) is 0. The first-order valence-corrected chi connectivity index (χ1v) is 6.16. The van der Waals surface area contributed by atoms with Crippen molar-refractivity contribution in [3.8, 4) is 0 Å². The second-order valence-electron chi connectivity index (χ2n) is 2.12. The molecule has 0 aliphatic rings. The fourth-order valence-corrected chi connectivity index (χ4v) is 1.65. The van der Waals surface area contributed by atoms with Crippen LogP contribution < -0.4 is 0 Å². The van der Waals surface area contributed by atoms with Crippen molar-refractivity contribution in [3.63, 3.8) is 0 Å². The maximum absolute atomic E-state index is 8.78. The minimum atomic E-state index is -2.75. The Labute approximate surface area is 61.9 Å². The standard InChI is InChI=1S/C5H14O2PS/c1-2-3-4-5-8(6,7)9/h6-7,9H,2-5H2,1H3/q+1. The third-order valence-corrected chi connectivity index (χ3v) is 2.58. The highest BCUT2D eigenvalue weighted by molar-refractivity contribution is 8.48. The van der Waals surface area contributed by atoms with Gasteiger partial charge in [-0.05, 0) is 12.8 Å². The van der Waals surface area contributed by atoms with Gasteiger partial charge in [0.2, 0.25) is 0 Å². The first-order chi connectivity index (χ1) is 4.06. The van der Waals surface area contributed by atoms with Gasteiger partial charge in [-0.25, -0.2) is 9.79 Å². The maximum Gasteiger partial charge on any atom is 0.323 e. The van der Waals surface area contributed by atoms with Crippen LogP contribution in [-0.2, 0) is 0 Å². The summed E-state index contributed by atoms with van der Waals surface area (Å²) in [5, 5.41) is 0. The van der Waals surface area contributed by atoms with Crippen molar-refractivity contribution in [2.24, 2.45) is 0 Å².